The zero-order valence-corrected chi connectivity index (χ0v) is 15.7. The van der Waals surface area contributed by atoms with Crippen LogP contribution < -0.4 is 19.5 Å². The van der Waals surface area contributed by atoms with Crippen molar-refractivity contribution >= 4 is 5.91 Å². The van der Waals surface area contributed by atoms with E-state index in [-0.39, 0.29) is 12.7 Å². The predicted molar refractivity (Wildman–Crippen MR) is 99.8 cm³/mol. The third-order valence-electron chi connectivity index (χ3n) is 4.37. The smallest absolute Gasteiger partial charge is 0.261 e. The fourth-order valence-corrected chi connectivity index (χ4v) is 2.85. The van der Waals surface area contributed by atoms with Gasteiger partial charge in [-0.3, -0.25) is 4.79 Å². The molecule has 0 aromatic heterocycles. The highest BCUT2D eigenvalue weighted by Crippen LogP contribution is 2.32. The lowest BCUT2D eigenvalue weighted by molar-refractivity contribution is -0.127. The monoisotopic (exact) mass is 355 g/mol. The molecule has 26 heavy (non-hydrogen) atoms. The summed E-state index contributed by atoms with van der Waals surface area (Å²) >= 11 is 0. The van der Waals surface area contributed by atoms with E-state index < -0.39 is 6.10 Å². The van der Waals surface area contributed by atoms with Gasteiger partial charge in [-0.2, -0.15) is 0 Å². The van der Waals surface area contributed by atoms with Crippen molar-refractivity contribution in [3.63, 3.8) is 0 Å². The van der Waals surface area contributed by atoms with E-state index in [0.29, 0.717) is 18.2 Å². The van der Waals surface area contributed by atoms with Crippen LogP contribution in [0.4, 0.5) is 0 Å². The van der Waals surface area contributed by atoms with Crippen molar-refractivity contribution in [1.82, 2.24) is 5.32 Å². The molecule has 2 aromatic carbocycles. The molecule has 1 aliphatic rings. The summed E-state index contributed by atoms with van der Waals surface area (Å²) in [7, 11) is 0. The van der Waals surface area contributed by atoms with Gasteiger partial charge in [-0.05, 0) is 54.7 Å². The molecule has 0 fully saturated rings. The van der Waals surface area contributed by atoms with Gasteiger partial charge in [-0.1, -0.05) is 32.0 Å². The van der Waals surface area contributed by atoms with Gasteiger partial charge in [0.1, 0.15) is 5.75 Å². The van der Waals surface area contributed by atoms with Crippen molar-refractivity contribution < 1.29 is 19.0 Å². The Labute approximate surface area is 154 Å². The minimum absolute atomic E-state index is 0.154. The summed E-state index contributed by atoms with van der Waals surface area (Å²) in [5.41, 5.74) is 3.16. The Hall–Kier alpha value is -2.69. The zero-order chi connectivity index (χ0) is 18.7. The van der Waals surface area contributed by atoms with Crippen LogP contribution in [0.1, 0.15) is 43.4 Å². The van der Waals surface area contributed by atoms with Gasteiger partial charge in [0.05, 0.1) is 0 Å². The standard InChI is InChI=1S/C21H25NO4/c1-13(2)17-7-5-14(3)9-19(17)26-15(4)21(23)22-11-16-6-8-18-20(10-16)25-12-24-18/h5-10,13,15H,11-12H2,1-4H3,(H,22,23). The van der Waals surface area contributed by atoms with Crippen LogP contribution in [-0.2, 0) is 11.3 Å². The molecule has 1 atom stereocenters. The van der Waals surface area contributed by atoms with Gasteiger partial charge in [0.25, 0.3) is 5.91 Å². The number of nitrogens with one attached hydrogen (secondary N) is 1. The van der Waals surface area contributed by atoms with Crippen molar-refractivity contribution in [2.24, 2.45) is 0 Å². The Kier molecular flexibility index (Phi) is 5.35. The highest BCUT2D eigenvalue weighted by atomic mass is 16.7. The lowest BCUT2D eigenvalue weighted by Gasteiger charge is -2.19. The molecule has 138 valence electrons. The number of carbonyl (C=O) groups is 1. The van der Waals surface area contributed by atoms with Crippen LogP contribution in [0.5, 0.6) is 17.2 Å². The largest absolute Gasteiger partial charge is 0.481 e. The van der Waals surface area contributed by atoms with Crippen molar-refractivity contribution in [1.29, 1.82) is 0 Å². The maximum absolute atomic E-state index is 12.4. The molecule has 0 aliphatic carbocycles. The van der Waals surface area contributed by atoms with E-state index in [1.807, 2.05) is 31.2 Å². The Morgan fingerprint density at radius 1 is 1.12 bits per heavy atom. The van der Waals surface area contributed by atoms with Crippen LogP contribution in [0.15, 0.2) is 36.4 Å². The third kappa shape index (κ3) is 4.10. The van der Waals surface area contributed by atoms with Crippen molar-refractivity contribution in [2.75, 3.05) is 6.79 Å². The van der Waals surface area contributed by atoms with Crippen LogP contribution in [0.2, 0.25) is 0 Å². The second kappa shape index (κ2) is 7.68. The fraction of sp³-hybridized carbons (Fsp3) is 0.381. The number of aryl methyl sites for hydroxylation is 1. The van der Waals surface area contributed by atoms with Crippen molar-refractivity contribution in [3.8, 4) is 17.2 Å². The first-order valence-electron chi connectivity index (χ1n) is 8.87. The summed E-state index contributed by atoms with van der Waals surface area (Å²) in [4.78, 5) is 12.4. The van der Waals surface area contributed by atoms with E-state index in [0.717, 1.165) is 28.2 Å². The molecule has 5 heteroatoms. The molecule has 0 spiro atoms. The normalized spacial score (nSPS) is 13.6. The zero-order valence-electron chi connectivity index (χ0n) is 15.7. The van der Waals surface area contributed by atoms with Crippen LogP contribution in [0.25, 0.3) is 0 Å². The van der Waals surface area contributed by atoms with Crippen molar-refractivity contribution in [2.45, 2.75) is 46.3 Å². The van der Waals surface area contributed by atoms with E-state index in [1.54, 1.807) is 6.92 Å². The van der Waals surface area contributed by atoms with Gasteiger partial charge in [0.15, 0.2) is 17.6 Å². The number of hydrogen-bond acceptors (Lipinski definition) is 4. The highest BCUT2D eigenvalue weighted by molar-refractivity contribution is 5.80. The third-order valence-corrected chi connectivity index (χ3v) is 4.37. The van der Waals surface area contributed by atoms with Crippen molar-refractivity contribution in [3.05, 3.63) is 53.1 Å². The average molecular weight is 355 g/mol. The second-order valence-corrected chi connectivity index (χ2v) is 6.86. The summed E-state index contributed by atoms with van der Waals surface area (Å²) in [6, 6.07) is 11.8. The minimum atomic E-state index is -0.580. The van der Waals surface area contributed by atoms with Crippen LogP contribution in [0, 0.1) is 6.92 Å². The van der Waals surface area contributed by atoms with E-state index >= 15 is 0 Å². The molecule has 1 aliphatic heterocycles. The number of hydrogen-bond donors (Lipinski definition) is 1. The molecule has 1 heterocycles. The molecule has 0 saturated heterocycles. The molecule has 1 N–H and O–H groups in total. The van der Waals surface area contributed by atoms with Gasteiger partial charge in [-0.15, -0.1) is 0 Å². The van der Waals surface area contributed by atoms with E-state index in [4.69, 9.17) is 14.2 Å². The van der Waals surface area contributed by atoms with Gasteiger partial charge in [-0.25, -0.2) is 0 Å². The molecule has 0 bridgehead atoms. The molecular weight excluding hydrogens is 330 g/mol. The number of rotatable bonds is 6. The van der Waals surface area contributed by atoms with Gasteiger partial charge >= 0.3 is 0 Å². The number of fused-ring (bicyclic) bond motifs is 1. The maximum Gasteiger partial charge on any atom is 0.261 e. The number of ether oxygens (including phenoxy) is 3. The van der Waals surface area contributed by atoms with Gasteiger partial charge in [0.2, 0.25) is 6.79 Å². The van der Waals surface area contributed by atoms with Crippen LogP contribution in [-0.4, -0.2) is 18.8 Å². The second-order valence-electron chi connectivity index (χ2n) is 6.86. The Morgan fingerprint density at radius 3 is 2.65 bits per heavy atom. The molecule has 3 rings (SSSR count). The quantitative estimate of drug-likeness (QED) is 0.853. The predicted octanol–water partition coefficient (Wildman–Crippen LogP) is 3.93. The molecule has 5 nitrogen and oxygen atoms in total. The summed E-state index contributed by atoms with van der Waals surface area (Å²) in [5.74, 6) is 2.39. The molecule has 2 aromatic rings. The maximum atomic E-state index is 12.4. The Morgan fingerprint density at radius 2 is 1.88 bits per heavy atom. The molecule has 0 radical (unpaired) electrons. The molecular formula is C21H25NO4. The first-order chi connectivity index (χ1) is 12.4. The SMILES string of the molecule is Cc1ccc(C(C)C)c(OC(C)C(=O)NCc2ccc3c(c2)OCO3)c1. The van der Waals surface area contributed by atoms with Gasteiger partial charge in [0, 0.05) is 6.54 Å². The lowest BCUT2D eigenvalue weighted by Crippen LogP contribution is -2.36. The minimum Gasteiger partial charge on any atom is -0.481 e. The van der Waals surface area contributed by atoms with E-state index in [9.17, 15) is 4.79 Å². The molecule has 1 amide bonds. The first kappa shape index (κ1) is 18.1. The first-order valence-corrected chi connectivity index (χ1v) is 8.87. The average Bonchev–Trinajstić information content (AvgIpc) is 3.07. The highest BCUT2D eigenvalue weighted by Gasteiger charge is 2.18. The number of amides is 1. The summed E-state index contributed by atoms with van der Waals surface area (Å²) in [6.45, 7) is 8.66. The Bertz CT molecular complexity index is 801. The number of benzene rings is 2. The van der Waals surface area contributed by atoms with E-state index in [2.05, 4.69) is 31.3 Å². The van der Waals surface area contributed by atoms with Crippen LogP contribution in [0.3, 0.4) is 0 Å². The fourth-order valence-electron chi connectivity index (χ4n) is 2.85. The molecule has 0 saturated carbocycles. The summed E-state index contributed by atoms with van der Waals surface area (Å²) in [6.07, 6.45) is -0.580. The van der Waals surface area contributed by atoms with Crippen LogP contribution >= 0.6 is 0 Å². The topological polar surface area (TPSA) is 56.8 Å². The lowest BCUT2D eigenvalue weighted by atomic mass is 10.0. The Balaban J connectivity index is 1.61. The summed E-state index contributed by atoms with van der Waals surface area (Å²) in [5, 5.41) is 2.91. The molecule has 1 unspecified atom stereocenters. The summed E-state index contributed by atoms with van der Waals surface area (Å²) < 4.78 is 16.6. The van der Waals surface area contributed by atoms with E-state index in [1.165, 1.54) is 0 Å². The van der Waals surface area contributed by atoms with Gasteiger partial charge < -0.3 is 19.5 Å². The number of carbonyl (C=O) groups excluding carboxylic acids is 1.